The van der Waals surface area contributed by atoms with Gasteiger partial charge in [-0.1, -0.05) is 8.96 Å². The number of halogens is 4. The average molecular weight is 623 g/mol. The Morgan fingerprint density at radius 1 is 1.14 bits per heavy atom. The maximum absolute atomic E-state index is 14.3. The zero-order valence-corrected chi connectivity index (χ0v) is 24.2. The van der Waals surface area contributed by atoms with Gasteiger partial charge in [0.15, 0.2) is 5.82 Å². The van der Waals surface area contributed by atoms with Crippen LogP contribution in [0.2, 0.25) is 0 Å². The number of imidazole rings is 1. The van der Waals surface area contributed by atoms with Crippen LogP contribution in [0.3, 0.4) is 0 Å². The second-order valence-corrected chi connectivity index (χ2v) is 13.1. The molecule has 1 saturated heterocycles. The molecule has 1 saturated carbocycles. The van der Waals surface area contributed by atoms with E-state index in [2.05, 4.69) is 9.97 Å². The molecule has 4 aromatic heterocycles. The van der Waals surface area contributed by atoms with E-state index in [4.69, 9.17) is 5.73 Å². The topological polar surface area (TPSA) is 122 Å². The van der Waals surface area contributed by atoms with Crippen molar-refractivity contribution < 1.29 is 31.0 Å². The number of piperidine rings is 1. The molecule has 11 nitrogen and oxygen atoms in total. The highest BCUT2D eigenvalue weighted by molar-refractivity contribution is 7.92. The van der Waals surface area contributed by atoms with Gasteiger partial charge in [-0.3, -0.25) is 9.20 Å². The summed E-state index contributed by atoms with van der Waals surface area (Å²) in [5.41, 5.74) is 7.65. The Bertz CT molecular complexity index is 1840. The van der Waals surface area contributed by atoms with Crippen LogP contribution in [0, 0.1) is 12.8 Å². The number of anilines is 2. The average Bonchev–Trinajstić information content (AvgIpc) is 3.61. The maximum Gasteiger partial charge on any atom is 0.329 e. The molecule has 16 heteroatoms. The molecule has 2 aliphatic rings. The van der Waals surface area contributed by atoms with Gasteiger partial charge in [-0.15, -0.1) is 0 Å². The second kappa shape index (κ2) is 10.7. The van der Waals surface area contributed by atoms with E-state index in [0.29, 0.717) is 54.8 Å². The van der Waals surface area contributed by atoms with Gasteiger partial charge in [0, 0.05) is 36.6 Å². The Labute approximate surface area is 244 Å². The molecule has 1 aliphatic carbocycles. The number of fused-ring (bicyclic) bond motifs is 2. The van der Waals surface area contributed by atoms with Crippen molar-refractivity contribution in [2.24, 2.45) is 11.7 Å². The Hall–Kier alpha value is -3.92. The molecule has 2 fully saturated rings. The van der Waals surface area contributed by atoms with E-state index in [1.165, 1.54) is 22.6 Å². The molecule has 6 rings (SSSR count). The van der Waals surface area contributed by atoms with Gasteiger partial charge < -0.3 is 15.2 Å². The highest BCUT2D eigenvalue weighted by Crippen LogP contribution is 2.38. The maximum atomic E-state index is 14.3. The summed E-state index contributed by atoms with van der Waals surface area (Å²) in [6.07, 6.45) is 4.04. The number of nitrogens with two attached hydrogens (primary N) is 1. The van der Waals surface area contributed by atoms with Crippen molar-refractivity contribution >= 4 is 44.2 Å². The van der Waals surface area contributed by atoms with Crippen molar-refractivity contribution in [2.45, 2.75) is 51.7 Å². The number of hydrogen-bond donors (Lipinski definition) is 1. The first-order valence-corrected chi connectivity index (χ1v) is 15.7. The molecule has 1 atom stereocenters. The van der Waals surface area contributed by atoms with Crippen LogP contribution in [0.25, 0.3) is 28.1 Å². The lowest BCUT2D eigenvalue weighted by molar-refractivity contribution is 0.0708. The molecule has 0 radical (unpaired) electrons. The summed E-state index contributed by atoms with van der Waals surface area (Å²) in [6, 6.07) is 6.80. The van der Waals surface area contributed by atoms with Crippen LogP contribution in [-0.2, 0) is 16.6 Å². The summed E-state index contributed by atoms with van der Waals surface area (Å²) in [4.78, 5) is 23.8. The lowest BCUT2D eigenvalue weighted by atomic mass is 10.1. The zero-order chi connectivity index (χ0) is 30.8. The van der Waals surface area contributed by atoms with E-state index >= 15 is 0 Å². The number of amides is 1. The van der Waals surface area contributed by atoms with E-state index < -0.39 is 39.5 Å². The van der Waals surface area contributed by atoms with Gasteiger partial charge in [-0.05, 0) is 74.2 Å². The van der Waals surface area contributed by atoms with Gasteiger partial charge in [0.1, 0.15) is 22.8 Å². The third-order valence-electron chi connectivity index (χ3n) is 7.97. The third kappa shape index (κ3) is 5.37. The standard InChI is InChI=1S/C27H30F4N8O3S/c1-15-24(33-22-11-18(12-23(37(15)22)39(30)31)26(40)35-9-3-4-19(32)14-35)20-10-17-7-8-21(38(27(28)29)43(2,41)42)34-25(17)36(20)13-16-5-6-16/h7-8,10-12,16,19,27H,3-6,9,13-14,32H2,1-2H3/t19-/m1/s1. The van der Waals surface area contributed by atoms with Gasteiger partial charge in [-0.2, -0.15) is 13.1 Å². The van der Waals surface area contributed by atoms with E-state index in [-0.39, 0.29) is 33.1 Å². The number of alkyl halides is 2. The molecule has 0 unspecified atom stereocenters. The number of aromatic nitrogens is 4. The predicted octanol–water partition coefficient (Wildman–Crippen LogP) is 4.20. The predicted molar refractivity (Wildman–Crippen MR) is 153 cm³/mol. The smallest absolute Gasteiger partial charge is 0.329 e. The molecule has 230 valence electrons. The van der Waals surface area contributed by atoms with E-state index in [1.807, 2.05) is 0 Å². The summed E-state index contributed by atoms with van der Waals surface area (Å²) < 4.78 is 83.2. The number of aryl methyl sites for hydroxylation is 1. The van der Waals surface area contributed by atoms with Crippen LogP contribution < -0.4 is 15.4 Å². The molecule has 0 bridgehead atoms. The Balaban J connectivity index is 1.51. The number of rotatable bonds is 8. The molecule has 0 aromatic carbocycles. The quantitative estimate of drug-likeness (QED) is 0.178. The van der Waals surface area contributed by atoms with Crippen molar-refractivity contribution in [3.05, 3.63) is 41.6 Å². The van der Waals surface area contributed by atoms with Gasteiger partial charge in [-0.25, -0.2) is 18.4 Å². The number of sulfonamides is 1. The molecular weight excluding hydrogens is 592 g/mol. The van der Waals surface area contributed by atoms with Crippen molar-refractivity contribution in [3.63, 3.8) is 0 Å². The molecule has 43 heavy (non-hydrogen) atoms. The Morgan fingerprint density at radius 3 is 2.51 bits per heavy atom. The lowest BCUT2D eigenvalue weighted by Crippen LogP contribution is -2.45. The molecule has 1 amide bonds. The number of likely N-dealkylation sites (tertiary alicyclic amines) is 1. The van der Waals surface area contributed by atoms with Crippen molar-refractivity contribution in [3.8, 4) is 11.4 Å². The van der Waals surface area contributed by atoms with Crippen LogP contribution in [0.4, 0.5) is 29.4 Å². The lowest BCUT2D eigenvalue weighted by Gasteiger charge is -2.31. The molecule has 1 aliphatic heterocycles. The number of pyridine rings is 2. The fraction of sp³-hybridized carbons (Fsp3) is 0.444. The minimum Gasteiger partial charge on any atom is -0.337 e. The van der Waals surface area contributed by atoms with Crippen LogP contribution in [0.5, 0.6) is 0 Å². The fourth-order valence-corrected chi connectivity index (χ4v) is 6.49. The fourth-order valence-electron chi connectivity index (χ4n) is 5.76. The van der Waals surface area contributed by atoms with Crippen LogP contribution in [-0.4, -0.2) is 70.1 Å². The minimum atomic E-state index is -4.33. The molecule has 2 N–H and O–H groups in total. The first-order valence-electron chi connectivity index (χ1n) is 13.8. The first kappa shape index (κ1) is 29.2. The molecule has 5 heterocycles. The number of carbonyl (C=O) groups excluding carboxylic acids is 1. The summed E-state index contributed by atoms with van der Waals surface area (Å²) >= 11 is 0. The van der Waals surface area contributed by atoms with Crippen LogP contribution in [0.15, 0.2) is 30.3 Å². The van der Waals surface area contributed by atoms with Gasteiger partial charge in [0.05, 0.1) is 17.6 Å². The highest BCUT2D eigenvalue weighted by atomic mass is 32.2. The largest absolute Gasteiger partial charge is 0.337 e. The molecule has 0 spiro atoms. The van der Waals surface area contributed by atoms with Crippen molar-refractivity contribution in [2.75, 3.05) is 29.0 Å². The highest BCUT2D eigenvalue weighted by Gasteiger charge is 2.31. The van der Waals surface area contributed by atoms with Crippen molar-refractivity contribution in [1.29, 1.82) is 0 Å². The zero-order valence-electron chi connectivity index (χ0n) is 23.4. The number of carbonyl (C=O) groups is 1. The van der Waals surface area contributed by atoms with Crippen LogP contribution in [0.1, 0.15) is 41.7 Å². The van der Waals surface area contributed by atoms with Gasteiger partial charge >= 0.3 is 6.55 Å². The summed E-state index contributed by atoms with van der Waals surface area (Å²) in [5, 5.41) is -0.532. The Kier molecular flexibility index (Phi) is 7.23. The Morgan fingerprint density at radius 2 is 1.88 bits per heavy atom. The summed E-state index contributed by atoms with van der Waals surface area (Å²) in [6.45, 7) is -0.480. The van der Waals surface area contributed by atoms with Gasteiger partial charge in [0.25, 0.3) is 5.91 Å². The van der Waals surface area contributed by atoms with Gasteiger partial charge in [0.2, 0.25) is 10.0 Å². The SMILES string of the molecule is Cc1c(-c2cc3ccc(N(C(F)F)S(C)(=O)=O)nc3n2CC2CC2)nc2cc(C(=O)N3CCC[C@@H](N)C3)cc(N(F)F)n12. The van der Waals surface area contributed by atoms with E-state index in [0.717, 1.165) is 25.3 Å². The second-order valence-electron chi connectivity index (χ2n) is 11.2. The van der Waals surface area contributed by atoms with Crippen LogP contribution >= 0.6 is 0 Å². The summed E-state index contributed by atoms with van der Waals surface area (Å²) in [5.74, 6) is -1.13. The number of nitrogens with zero attached hydrogens (tertiary/aromatic N) is 7. The molecule has 4 aromatic rings. The third-order valence-corrected chi connectivity index (χ3v) is 9.03. The first-order chi connectivity index (χ1) is 20.3. The van der Waals surface area contributed by atoms with Crippen molar-refractivity contribution in [1.82, 2.24) is 23.8 Å². The summed E-state index contributed by atoms with van der Waals surface area (Å²) in [7, 11) is -4.33. The molecular formula is C27H30F4N8O3S. The normalized spacial score (nSPS) is 17.8. The minimum absolute atomic E-state index is 0.0474. The monoisotopic (exact) mass is 622 g/mol. The van der Waals surface area contributed by atoms with E-state index in [9.17, 15) is 31.0 Å². The van der Waals surface area contributed by atoms with E-state index in [1.54, 1.807) is 22.5 Å². The number of hydrogen-bond acceptors (Lipinski definition) is 7.